The minimum absolute atomic E-state index is 0.0925. The summed E-state index contributed by atoms with van der Waals surface area (Å²) in [5, 5.41) is 3.65. The van der Waals surface area contributed by atoms with E-state index in [9.17, 15) is 0 Å². The van der Waals surface area contributed by atoms with Crippen LogP contribution in [0.15, 0.2) is 0 Å². The molecule has 1 unspecified atom stereocenters. The zero-order valence-corrected chi connectivity index (χ0v) is 10.5. The number of nitrogens with one attached hydrogen (secondary N) is 1. The molecule has 0 aromatic carbocycles. The number of piperidine rings is 1. The maximum Gasteiger partial charge on any atom is 0.119 e. The van der Waals surface area contributed by atoms with Gasteiger partial charge in [0, 0.05) is 11.5 Å². The van der Waals surface area contributed by atoms with Crippen molar-refractivity contribution < 1.29 is 4.74 Å². The largest absolute Gasteiger partial charge is 0.359 e. The second-order valence-electron chi connectivity index (χ2n) is 5.98. The summed E-state index contributed by atoms with van der Waals surface area (Å²) in [5.41, 5.74) is 0.0445. The molecule has 0 saturated carbocycles. The van der Waals surface area contributed by atoms with Crippen LogP contribution in [0.2, 0.25) is 0 Å². The first-order chi connectivity index (χ1) is 6.91. The van der Waals surface area contributed by atoms with E-state index in [2.05, 4.69) is 38.0 Å². The van der Waals surface area contributed by atoms with Crippen molar-refractivity contribution in [2.24, 2.45) is 5.92 Å². The molecule has 0 aliphatic carbocycles. The highest BCUT2D eigenvalue weighted by molar-refractivity contribution is 4.97. The van der Waals surface area contributed by atoms with E-state index in [0.717, 1.165) is 6.61 Å². The van der Waals surface area contributed by atoms with Crippen LogP contribution in [0, 0.1) is 5.92 Å². The van der Waals surface area contributed by atoms with Gasteiger partial charge in [0.2, 0.25) is 0 Å². The molecule has 3 nitrogen and oxygen atoms in total. The Labute approximate surface area is 93.2 Å². The smallest absolute Gasteiger partial charge is 0.119 e. The fourth-order valence-electron chi connectivity index (χ4n) is 2.85. The molecule has 0 aromatic heterocycles. The summed E-state index contributed by atoms with van der Waals surface area (Å²) < 4.78 is 6.00. The molecule has 2 aliphatic rings. The molecule has 3 heteroatoms. The number of rotatable bonds is 1. The lowest BCUT2D eigenvalue weighted by Gasteiger charge is -2.39. The molecule has 0 spiro atoms. The van der Waals surface area contributed by atoms with Crippen LogP contribution >= 0.6 is 0 Å². The number of hydrogen-bond donors (Lipinski definition) is 1. The molecular formula is C12H24N2O. The van der Waals surface area contributed by atoms with Crippen LogP contribution in [0.4, 0.5) is 0 Å². The van der Waals surface area contributed by atoms with Crippen molar-refractivity contribution in [2.45, 2.75) is 44.9 Å². The second kappa shape index (κ2) is 3.72. The van der Waals surface area contributed by atoms with Crippen molar-refractivity contribution in [1.82, 2.24) is 10.2 Å². The fourth-order valence-corrected chi connectivity index (χ4v) is 2.85. The molecule has 2 heterocycles. The van der Waals surface area contributed by atoms with E-state index in [4.69, 9.17) is 4.74 Å². The van der Waals surface area contributed by atoms with E-state index in [1.165, 1.54) is 25.9 Å². The molecule has 0 bridgehead atoms. The standard InChI is InChI=1S/C12H24N2O/c1-11(2)9-15-12(3,13-11)10-5-7-14(4)8-6-10/h10,13H,5-9H2,1-4H3. The van der Waals surface area contributed by atoms with E-state index in [1.807, 2.05) is 0 Å². The third kappa shape index (κ3) is 2.35. The summed E-state index contributed by atoms with van der Waals surface area (Å²) in [6.07, 6.45) is 2.49. The van der Waals surface area contributed by atoms with Gasteiger partial charge >= 0.3 is 0 Å². The van der Waals surface area contributed by atoms with Crippen molar-refractivity contribution in [3.8, 4) is 0 Å². The maximum absolute atomic E-state index is 6.00. The number of hydrogen-bond acceptors (Lipinski definition) is 3. The van der Waals surface area contributed by atoms with Crippen LogP contribution in [0.3, 0.4) is 0 Å². The third-order valence-corrected chi connectivity index (χ3v) is 3.82. The molecule has 15 heavy (non-hydrogen) atoms. The van der Waals surface area contributed by atoms with Gasteiger partial charge in [-0.05, 0) is 53.8 Å². The van der Waals surface area contributed by atoms with Crippen molar-refractivity contribution >= 4 is 0 Å². The Morgan fingerprint density at radius 2 is 1.80 bits per heavy atom. The van der Waals surface area contributed by atoms with Gasteiger partial charge in [0.15, 0.2) is 0 Å². The van der Waals surface area contributed by atoms with Crippen LogP contribution in [0.25, 0.3) is 0 Å². The van der Waals surface area contributed by atoms with Gasteiger partial charge in [0.05, 0.1) is 6.61 Å². The highest BCUT2D eigenvalue weighted by Gasteiger charge is 2.45. The average molecular weight is 212 g/mol. The van der Waals surface area contributed by atoms with Gasteiger partial charge in [-0.3, -0.25) is 5.32 Å². The van der Waals surface area contributed by atoms with Crippen LogP contribution in [0.1, 0.15) is 33.6 Å². The minimum Gasteiger partial charge on any atom is -0.359 e. The molecule has 2 saturated heterocycles. The summed E-state index contributed by atoms with van der Waals surface area (Å²) in [4.78, 5) is 2.40. The lowest BCUT2D eigenvalue weighted by atomic mass is 9.87. The first-order valence-corrected chi connectivity index (χ1v) is 6.03. The van der Waals surface area contributed by atoms with Gasteiger partial charge in [-0.1, -0.05) is 0 Å². The molecule has 1 N–H and O–H groups in total. The lowest BCUT2D eigenvalue weighted by Crippen LogP contribution is -2.53. The van der Waals surface area contributed by atoms with Crippen molar-refractivity contribution in [1.29, 1.82) is 0 Å². The Bertz CT molecular complexity index is 234. The number of nitrogens with zero attached hydrogens (tertiary/aromatic N) is 1. The molecule has 2 fully saturated rings. The monoisotopic (exact) mass is 212 g/mol. The SMILES string of the molecule is CN1CCC(C2(C)NC(C)(C)CO2)CC1. The predicted octanol–water partition coefficient (Wildman–Crippen LogP) is 1.44. The van der Waals surface area contributed by atoms with Crippen LogP contribution in [0.5, 0.6) is 0 Å². The molecule has 0 radical (unpaired) electrons. The predicted molar refractivity (Wildman–Crippen MR) is 61.8 cm³/mol. The van der Waals surface area contributed by atoms with Gasteiger partial charge in [-0.25, -0.2) is 0 Å². The van der Waals surface area contributed by atoms with E-state index in [0.29, 0.717) is 5.92 Å². The summed E-state index contributed by atoms with van der Waals surface area (Å²) in [6, 6.07) is 0. The zero-order valence-electron chi connectivity index (χ0n) is 10.5. The maximum atomic E-state index is 6.00. The molecule has 88 valence electrons. The average Bonchev–Trinajstić information content (AvgIpc) is 2.43. The van der Waals surface area contributed by atoms with Crippen molar-refractivity contribution in [2.75, 3.05) is 26.7 Å². The summed E-state index contributed by atoms with van der Waals surface area (Å²) in [5.74, 6) is 0.662. The van der Waals surface area contributed by atoms with Crippen LogP contribution < -0.4 is 5.32 Å². The zero-order chi connectivity index (χ0) is 11.1. The third-order valence-electron chi connectivity index (χ3n) is 3.82. The van der Waals surface area contributed by atoms with E-state index >= 15 is 0 Å². The Kier molecular flexibility index (Phi) is 2.82. The van der Waals surface area contributed by atoms with Gasteiger partial charge in [-0.2, -0.15) is 0 Å². The number of likely N-dealkylation sites (tertiary alicyclic amines) is 1. The van der Waals surface area contributed by atoms with E-state index in [1.54, 1.807) is 0 Å². The Hall–Kier alpha value is -0.120. The summed E-state index contributed by atoms with van der Waals surface area (Å²) >= 11 is 0. The Balaban J connectivity index is 1.98. The quantitative estimate of drug-likeness (QED) is 0.712. The van der Waals surface area contributed by atoms with Crippen LogP contribution in [-0.2, 0) is 4.74 Å². The lowest BCUT2D eigenvalue weighted by molar-refractivity contribution is -0.0604. The first-order valence-electron chi connectivity index (χ1n) is 6.03. The summed E-state index contributed by atoms with van der Waals surface area (Å²) in [6.45, 7) is 9.88. The van der Waals surface area contributed by atoms with Crippen molar-refractivity contribution in [3.63, 3.8) is 0 Å². The summed E-state index contributed by atoms with van der Waals surface area (Å²) in [7, 11) is 2.20. The minimum atomic E-state index is -0.0925. The molecule has 0 amide bonds. The normalized spacial score (nSPS) is 38.4. The fraction of sp³-hybridized carbons (Fsp3) is 1.00. The topological polar surface area (TPSA) is 24.5 Å². The van der Waals surface area contributed by atoms with Gasteiger partial charge in [0.1, 0.15) is 5.72 Å². The molecule has 2 rings (SSSR count). The molecule has 0 aromatic rings. The van der Waals surface area contributed by atoms with E-state index < -0.39 is 0 Å². The van der Waals surface area contributed by atoms with Crippen LogP contribution in [-0.4, -0.2) is 42.9 Å². The highest BCUT2D eigenvalue weighted by atomic mass is 16.5. The van der Waals surface area contributed by atoms with Crippen molar-refractivity contribution in [3.05, 3.63) is 0 Å². The number of ether oxygens (including phenoxy) is 1. The van der Waals surface area contributed by atoms with Gasteiger partial charge in [0.25, 0.3) is 0 Å². The molecular weight excluding hydrogens is 188 g/mol. The van der Waals surface area contributed by atoms with Gasteiger partial charge in [-0.15, -0.1) is 0 Å². The first kappa shape index (κ1) is 11.4. The molecule has 2 aliphatic heterocycles. The Morgan fingerprint density at radius 3 is 2.27 bits per heavy atom. The molecule has 1 atom stereocenters. The highest BCUT2D eigenvalue weighted by Crippen LogP contribution is 2.35. The van der Waals surface area contributed by atoms with E-state index in [-0.39, 0.29) is 11.3 Å². The Morgan fingerprint density at radius 1 is 1.20 bits per heavy atom. The second-order valence-corrected chi connectivity index (χ2v) is 5.98. The van der Waals surface area contributed by atoms with Gasteiger partial charge < -0.3 is 9.64 Å².